The lowest BCUT2D eigenvalue weighted by Gasteiger charge is -2.16. The van der Waals surface area contributed by atoms with Gasteiger partial charge in [-0.15, -0.1) is 0 Å². The molecule has 0 unspecified atom stereocenters. The van der Waals surface area contributed by atoms with E-state index in [0.29, 0.717) is 18.2 Å². The molecule has 0 aliphatic carbocycles. The molecule has 128 valence electrons. The maximum absolute atomic E-state index is 12.0. The number of carbonyl (C=O) groups excluding carboxylic acids is 1. The zero-order valence-electron chi connectivity index (χ0n) is 13.8. The summed E-state index contributed by atoms with van der Waals surface area (Å²) in [5, 5.41) is 3.50. The van der Waals surface area contributed by atoms with E-state index in [1.54, 1.807) is 19.3 Å². The van der Waals surface area contributed by atoms with Crippen LogP contribution in [-0.2, 0) is 11.3 Å². The van der Waals surface area contributed by atoms with Crippen LogP contribution in [-0.4, -0.2) is 19.6 Å². The summed E-state index contributed by atoms with van der Waals surface area (Å²) in [6, 6.07) is 13.1. The van der Waals surface area contributed by atoms with Crippen molar-refractivity contribution in [3.63, 3.8) is 0 Å². The number of hydrogen-bond donors (Lipinski definition) is 1. The van der Waals surface area contributed by atoms with E-state index in [9.17, 15) is 4.79 Å². The standard InChI is InChI=1S/C20H18ClNO3/c1-24-18-4-2-3-14(10-18)12-22-20(23)8-5-15-9-16-11-17(21)6-7-19(16)25-13-15/h2-11H,12-13H2,1H3,(H,22,23)/b8-5+. The lowest BCUT2D eigenvalue weighted by Crippen LogP contribution is -2.20. The molecule has 0 saturated carbocycles. The number of rotatable bonds is 5. The van der Waals surface area contributed by atoms with E-state index in [2.05, 4.69) is 5.32 Å². The van der Waals surface area contributed by atoms with E-state index >= 15 is 0 Å². The maximum Gasteiger partial charge on any atom is 0.244 e. The van der Waals surface area contributed by atoms with Crippen molar-refractivity contribution in [2.24, 2.45) is 0 Å². The Morgan fingerprint density at radius 1 is 1.32 bits per heavy atom. The van der Waals surface area contributed by atoms with Crippen LogP contribution in [0.25, 0.3) is 6.08 Å². The molecule has 1 aliphatic rings. The fraction of sp³-hybridized carbons (Fsp3) is 0.150. The number of hydrogen-bond acceptors (Lipinski definition) is 3. The van der Waals surface area contributed by atoms with Gasteiger partial charge in [0.05, 0.1) is 7.11 Å². The molecule has 0 bridgehead atoms. The Bertz CT molecular complexity index is 843. The Balaban J connectivity index is 1.59. The summed E-state index contributed by atoms with van der Waals surface area (Å²) >= 11 is 6.00. The molecule has 5 heteroatoms. The minimum atomic E-state index is -0.166. The predicted molar refractivity (Wildman–Crippen MR) is 98.9 cm³/mol. The summed E-state index contributed by atoms with van der Waals surface area (Å²) in [6.45, 7) is 0.864. The molecule has 1 aliphatic heterocycles. The molecule has 2 aromatic rings. The molecule has 0 fully saturated rings. The van der Waals surface area contributed by atoms with E-state index in [4.69, 9.17) is 21.1 Å². The van der Waals surface area contributed by atoms with Gasteiger partial charge in [-0.05, 0) is 47.5 Å². The molecule has 2 aromatic carbocycles. The van der Waals surface area contributed by atoms with Gasteiger partial charge in [-0.1, -0.05) is 29.8 Å². The maximum atomic E-state index is 12.0. The van der Waals surface area contributed by atoms with Gasteiger partial charge in [0.25, 0.3) is 0 Å². The number of halogens is 1. The van der Waals surface area contributed by atoms with E-state index < -0.39 is 0 Å². The first kappa shape index (κ1) is 17.1. The third-order valence-corrected chi connectivity index (χ3v) is 3.99. The fourth-order valence-corrected chi connectivity index (χ4v) is 2.66. The van der Waals surface area contributed by atoms with Crippen LogP contribution in [0.1, 0.15) is 11.1 Å². The molecule has 1 N–H and O–H groups in total. The molecule has 0 saturated heterocycles. The van der Waals surface area contributed by atoms with Gasteiger partial charge in [0.1, 0.15) is 18.1 Å². The van der Waals surface area contributed by atoms with Gasteiger partial charge in [-0.3, -0.25) is 4.79 Å². The van der Waals surface area contributed by atoms with Gasteiger partial charge in [-0.2, -0.15) is 0 Å². The lowest BCUT2D eigenvalue weighted by molar-refractivity contribution is -0.116. The summed E-state index contributed by atoms with van der Waals surface area (Å²) in [7, 11) is 1.62. The average Bonchev–Trinajstić information content (AvgIpc) is 2.64. The van der Waals surface area contributed by atoms with E-state index in [1.807, 2.05) is 42.5 Å². The van der Waals surface area contributed by atoms with Crippen molar-refractivity contribution < 1.29 is 14.3 Å². The molecule has 0 spiro atoms. The highest BCUT2D eigenvalue weighted by Crippen LogP contribution is 2.29. The molecule has 0 aromatic heterocycles. The van der Waals surface area contributed by atoms with Crippen molar-refractivity contribution in [1.82, 2.24) is 5.32 Å². The minimum absolute atomic E-state index is 0.166. The topological polar surface area (TPSA) is 47.6 Å². The van der Waals surface area contributed by atoms with Gasteiger partial charge < -0.3 is 14.8 Å². The van der Waals surface area contributed by atoms with E-state index in [0.717, 1.165) is 28.2 Å². The summed E-state index contributed by atoms with van der Waals surface area (Å²) in [6.07, 6.45) is 5.23. The second-order valence-electron chi connectivity index (χ2n) is 5.59. The number of carbonyl (C=O) groups is 1. The Morgan fingerprint density at radius 3 is 3.04 bits per heavy atom. The Hall–Kier alpha value is -2.72. The van der Waals surface area contributed by atoms with Crippen molar-refractivity contribution in [1.29, 1.82) is 0 Å². The van der Waals surface area contributed by atoms with Crippen LogP contribution < -0.4 is 14.8 Å². The minimum Gasteiger partial charge on any atom is -0.497 e. The van der Waals surface area contributed by atoms with E-state index in [1.165, 1.54) is 6.08 Å². The third kappa shape index (κ3) is 4.64. The second kappa shape index (κ2) is 7.90. The van der Waals surface area contributed by atoms with Crippen LogP contribution in [0.4, 0.5) is 0 Å². The molecule has 3 rings (SSSR count). The quantitative estimate of drug-likeness (QED) is 0.825. The van der Waals surface area contributed by atoms with Crippen LogP contribution in [0.5, 0.6) is 11.5 Å². The monoisotopic (exact) mass is 355 g/mol. The average molecular weight is 356 g/mol. The first-order chi connectivity index (χ1) is 12.1. The smallest absolute Gasteiger partial charge is 0.244 e. The number of ether oxygens (including phenoxy) is 2. The van der Waals surface area contributed by atoms with Gasteiger partial charge in [0.15, 0.2) is 0 Å². The first-order valence-electron chi connectivity index (χ1n) is 7.86. The molecule has 1 heterocycles. The number of benzene rings is 2. The fourth-order valence-electron chi connectivity index (χ4n) is 2.48. The van der Waals surface area contributed by atoms with Gasteiger partial charge in [0, 0.05) is 23.2 Å². The van der Waals surface area contributed by atoms with E-state index in [-0.39, 0.29) is 5.91 Å². The SMILES string of the molecule is COc1cccc(CNC(=O)/C=C/C2=Cc3cc(Cl)ccc3OC2)c1. The molecule has 0 atom stereocenters. The molecular formula is C20H18ClNO3. The van der Waals surface area contributed by atoms with Crippen molar-refractivity contribution >= 4 is 23.6 Å². The molecular weight excluding hydrogens is 338 g/mol. The zero-order valence-corrected chi connectivity index (χ0v) is 14.5. The first-order valence-corrected chi connectivity index (χ1v) is 8.23. The van der Waals surface area contributed by atoms with Crippen LogP contribution in [0, 0.1) is 0 Å². The van der Waals surface area contributed by atoms with Crippen LogP contribution in [0.3, 0.4) is 0 Å². The van der Waals surface area contributed by atoms with Gasteiger partial charge in [-0.25, -0.2) is 0 Å². The van der Waals surface area contributed by atoms with Crippen molar-refractivity contribution in [2.75, 3.05) is 13.7 Å². The number of nitrogens with one attached hydrogen (secondary N) is 1. The summed E-state index contributed by atoms with van der Waals surface area (Å²) in [4.78, 5) is 12.0. The predicted octanol–water partition coefficient (Wildman–Crippen LogP) is 4.00. The number of fused-ring (bicyclic) bond motifs is 1. The summed E-state index contributed by atoms with van der Waals surface area (Å²) < 4.78 is 10.8. The van der Waals surface area contributed by atoms with Crippen molar-refractivity contribution in [2.45, 2.75) is 6.54 Å². The van der Waals surface area contributed by atoms with Crippen LogP contribution >= 0.6 is 11.6 Å². The summed E-state index contributed by atoms with van der Waals surface area (Å²) in [5.41, 5.74) is 2.80. The Morgan fingerprint density at radius 2 is 2.20 bits per heavy atom. The highest BCUT2D eigenvalue weighted by molar-refractivity contribution is 6.30. The molecule has 25 heavy (non-hydrogen) atoms. The number of amides is 1. The van der Waals surface area contributed by atoms with Gasteiger partial charge >= 0.3 is 0 Å². The molecule has 4 nitrogen and oxygen atoms in total. The normalized spacial score (nSPS) is 13.0. The Kier molecular flexibility index (Phi) is 5.41. The highest BCUT2D eigenvalue weighted by Gasteiger charge is 2.10. The lowest BCUT2D eigenvalue weighted by atomic mass is 10.1. The van der Waals surface area contributed by atoms with Gasteiger partial charge in [0.2, 0.25) is 5.91 Å². The second-order valence-corrected chi connectivity index (χ2v) is 6.03. The van der Waals surface area contributed by atoms with Crippen molar-refractivity contribution in [3.8, 4) is 11.5 Å². The zero-order chi connectivity index (χ0) is 17.6. The highest BCUT2D eigenvalue weighted by atomic mass is 35.5. The van der Waals surface area contributed by atoms with Crippen molar-refractivity contribution in [3.05, 3.63) is 76.3 Å². The molecule has 1 amide bonds. The molecule has 0 radical (unpaired) electrons. The van der Waals surface area contributed by atoms with Crippen LogP contribution in [0.15, 0.2) is 60.2 Å². The Labute approximate surface area is 151 Å². The summed E-state index contributed by atoms with van der Waals surface area (Å²) in [5.74, 6) is 1.40. The third-order valence-electron chi connectivity index (χ3n) is 3.76. The largest absolute Gasteiger partial charge is 0.497 e. The van der Waals surface area contributed by atoms with Crippen LogP contribution in [0.2, 0.25) is 5.02 Å². The number of methoxy groups -OCH3 is 1.